The summed E-state index contributed by atoms with van der Waals surface area (Å²) in [4.78, 5) is 4.73. The van der Waals surface area contributed by atoms with Crippen LogP contribution < -0.4 is 5.32 Å². The lowest BCUT2D eigenvalue weighted by Gasteiger charge is -2.17. The maximum absolute atomic E-state index is 4.73. The quantitative estimate of drug-likeness (QED) is 0.758. The highest BCUT2D eigenvalue weighted by molar-refractivity contribution is 7.18. The molecule has 0 amide bonds. The van der Waals surface area contributed by atoms with Crippen LogP contribution in [0.2, 0.25) is 0 Å². The maximum Gasteiger partial charge on any atom is 0.0957 e. The largest absolute Gasteiger partial charge is 0.310 e. The summed E-state index contributed by atoms with van der Waals surface area (Å²) < 4.78 is 1.24. The Morgan fingerprint density at radius 2 is 2.10 bits per heavy atom. The fourth-order valence-electron chi connectivity index (χ4n) is 2.32. The van der Waals surface area contributed by atoms with E-state index in [9.17, 15) is 0 Å². The van der Waals surface area contributed by atoms with Gasteiger partial charge in [0.05, 0.1) is 21.4 Å². The molecule has 3 aromatic rings. The molecule has 0 aliphatic heterocycles. The van der Waals surface area contributed by atoms with Gasteiger partial charge in [-0.15, -0.1) is 11.3 Å². The van der Waals surface area contributed by atoms with E-state index in [0.717, 1.165) is 35.5 Å². The van der Waals surface area contributed by atoms with Gasteiger partial charge in [0, 0.05) is 18.7 Å². The zero-order valence-corrected chi connectivity index (χ0v) is 12.8. The molecule has 1 N–H and O–H groups in total. The Hall–Kier alpha value is -1.85. The number of benzene rings is 1. The maximum atomic E-state index is 4.73. The van der Waals surface area contributed by atoms with Gasteiger partial charge in [-0.05, 0) is 36.7 Å². The van der Waals surface area contributed by atoms with Crippen LogP contribution in [-0.4, -0.2) is 21.7 Å². The lowest BCUT2D eigenvalue weighted by atomic mass is 10.1. The van der Waals surface area contributed by atoms with E-state index in [1.54, 1.807) is 17.5 Å². The average Bonchev–Trinajstić information content (AvgIpc) is 2.94. The Morgan fingerprint density at radius 3 is 2.86 bits per heavy atom. The SMILES string of the molecule is CCCNC(Cc1nc2ccccc2s1)c1ccnnc1. The molecule has 2 heterocycles. The van der Waals surface area contributed by atoms with Crippen LogP contribution in [0.15, 0.2) is 42.7 Å². The van der Waals surface area contributed by atoms with Gasteiger partial charge in [0.25, 0.3) is 0 Å². The number of nitrogens with zero attached hydrogens (tertiary/aromatic N) is 3. The molecule has 1 atom stereocenters. The van der Waals surface area contributed by atoms with Crippen LogP contribution in [0.4, 0.5) is 0 Å². The van der Waals surface area contributed by atoms with Gasteiger partial charge in [-0.25, -0.2) is 4.98 Å². The second-order valence-electron chi connectivity index (χ2n) is 4.96. The minimum absolute atomic E-state index is 0.237. The summed E-state index contributed by atoms with van der Waals surface area (Å²) in [6, 6.07) is 10.5. The van der Waals surface area contributed by atoms with E-state index in [2.05, 4.69) is 40.6 Å². The zero-order valence-electron chi connectivity index (χ0n) is 12.0. The molecule has 1 aromatic carbocycles. The van der Waals surface area contributed by atoms with Crippen LogP contribution in [0.1, 0.15) is 30.0 Å². The van der Waals surface area contributed by atoms with E-state index in [-0.39, 0.29) is 6.04 Å². The van der Waals surface area contributed by atoms with Crippen molar-refractivity contribution < 1.29 is 0 Å². The average molecular weight is 298 g/mol. The number of para-hydroxylation sites is 1. The molecule has 0 spiro atoms. The van der Waals surface area contributed by atoms with E-state index in [1.807, 2.05) is 18.3 Å². The van der Waals surface area contributed by atoms with Gasteiger partial charge in [-0.2, -0.15) is 10.2 Å². The minimum Gasteiger partial charge on any atom is -0.310 e. The molecule has 0 radical (unpaired) electrons. The van der Waals surface area contributed by atoms with E-state index < -0.39 is 0 Å². The van der Waals surface area contributed by atoms with Crippen molar-refractivity contribution in [3.8, 4) is 0 Å². The molecule has 21 heavy (non-hydrogen) atoms. The summed E-state index contributed by atoms with van der Waals surface area (Å²) in [6.45, 7) is 3.16. The van der Waals surface area contributed by atoms with E-state index in [0.29, 0.717) is 0 Å². The van der Waals surface area contributed by atoms with Gasteiger partial charge in [0.15, 0.2) is 0 Å². The van der Waals surface area contributed by atoms with Crippen molar-refractivity contribution in [1.29, 1.82) is 0 Å². The summed E-state index contributed by atoms with van der Waals surface area (Å²) >= 11 is 1.77. The summed E-state index contributed by atoms with van der Waals surface area (Å²) in [5.74, 6) is 0. The number of aromatic nitrogens is 3. The monoisotopic (exact) mass is 298 g/mol. The number of rotatable bonds is 6. The summed E-state index contributed by atoms with van der Waals surface area (Å²) in [6.07, 6.45) is 5.56. The molecule has 0 aliphatic rings. The topological polar surface area (TPSA) is 50.7 Å². The van der Waals surface area contributed by atoms with Crippen molar-refractivity contribution >= 4 is 21.6 Å². The van der Waals surface area contributed by atoms with Crippen molar-refractivity contribution in [1.82, 2.24) is 20.5 Å². The number of hydrogen-bond acceptors (Lipinski definition) is 5. The van der Waals surface area contributed by atoms with Crippen LogP contribution in [-0.2, 0) is 6.42 Å². The molecule has 4 nitrogen and oxygen atoms in total. The third kappa shape index (κ3) is 3.43. The molecular formula is C16H18N4S. The molecule has 5 heteroatoms. The molecule has 3 rings (SSSR count). The lowest BCUT2D eigenvalue weighted by Crippen LogP contribution is -2.24. The number of fused-ring (bicyclic) bond motifs is 1. The van der Waals surface area contributed by atoms with Crippen molar-refractivity contribution in [2.24, 2.45) is 0 Å². The molecule has 1 unspecified atom stereocenters. The molecular weight excluding hydrogens is 280 g/mol. The summed E-state index contributed by atoms with van der Waals surface area (Å²) in [5, 5.41) is 12.6. The third-order valence-electron chi connectivity index (χ3n) is 3.37. The van der Waals surface area contributed by atoms with Gasteiger partial charge in [0.1, 0.15) is 0 Å². The number of thiazole rings is 1. The van der Waals surface area contributed by atoms with Crippen molar-refractivity contribution in [2.75, 3.05) is 6.54 Å². The molecule has 2 aromatic heterocycles. The van der Waals surface area contributed by atoms with Crippen molar-refractivity contribution in [3.05, 3.63) is 53.3 Å². The van der Waals surface area contributed by atoms with Gasteiger partial charge in [0.2, 0.25) is 0 Å². The van der Waals surface area contributed by atoms with E-state index in [1.165, 1.54) is 4.70 Å². The Morgan fingerprint density at radius 1 is 1.19 bits per heavy atom. The Balaban J connectivity index is 1.83. The second kappa shape index (κ2) is 6.74. The molecule has 0 aliphatic carbocycles. The Labute approximate surface area is 128 Å². The lowest BCUT2D eigenvalue weighted by molar-refractivity contribution is 0.526. The van der Waals surface area contributed by atoms with Crippen LogP contribution in [0, 0.1) is 0 Å². The third-order valence-corrected chi connectivity index (χ3v) is 4.43. The zero-order chi connectivity index (χ0) is 14.5. The van der Waals surface area contributed by atoms with Gasteiger partial charge in [-0.1, -0.05) is 19.1 Å². The van der Waals surface area contributed by atoms with Crippen LogP contribution in [0.25, 0.3) is 10.2 Å². The first-order valence-electron chi connectivity index (χ1n) is 7.21. The molecule has 0 bridgehead atoms. The number of hydrogen-bond donors (Lipinski definition) is 1. The van der Waals surface area contributed by atoms with Crippen LogP contribution in [0.3, 0.4) is 0 Å². The second-order valence-corrected chi connectivity index (χ2v) is 6.08. The smallest absolute Gasteiger partial charge is 0.0957 e. The van der Waals surface area contributed by atoms with Crippen molar-refractivity contribution in [2.45, 2.75) is 25.8 Å². The highest BCUT2D eigenvalue weighted by Crippen LogP contribution is 2.25. The standard InChI is InChI=1S/C16H18N4S/c1-2-8-17-14(12-7-9-18-19-11-12)10-16-20-13-5-3-4-6-15(13)21-16/h3-7,9,11,14,17H,2,8,10H2,1H3. The fraction of sp³-hybridized carbons (Fsp3) is 0.312. The molecule has 0 saturated carbocycles. The number of nitrogens with one attached hydrogen (secondary N) is 1. The first-order chi connectivity index (χ1) is 10.4. The van der Waals surface area contributed by atoms with Crippen LogP contribution >= 0.6 is 11.3 Å². The Kier molecular flexibility index (Phi) is 4.52. The Bertz CT molecular complexity index is 663. The summed E-state index contributed by atoms with van der Waals surface area (Å²) in [7, 11) is 0. The first-order valence-corrected chi connectivity index (χ1v) is 8.03. The predicted molar refractivity (Wildman–Crippen MR) is 86.4 cm³/mol. The van der Waals surface area contributed by atoms with Gasteiger partial charge < -0.3 is 5.32 Å². The van der Waals surface area contributed by atoms with Crippen LogP contribution in [0.5, 0.6) is 0 Å². The highest BCUT2D eigenvalue weighted by Gasteiger charge is 2.14. The van der Waals surface area contributed by atoms with Gasteiger partial charge in [-0.3, -0.25) is 0 Å². The molecule has 0 saturated heterocycles. The van der Waals surface area contributed by atoms with Gasteiger partial charge >= 0.3 is 0 Å². The predicted octanol–water partition coefficient (Wildman–Crippen LogP) is 3.37. The van der Waals surface area contributed by atoms with E-state index in [4.69, 9.17) is 4.98 Å². The minimum atomic E-state index is 0.237. The van der Waals surface area contributed by atoms with E-state index >= 15 is 0 Å². The first kappa shape index (κ1) is 14.1. The normalized spacial score (nSPS) is 12.6. The highest BCUT2D eigenvalue weighted by atomic mass is 32.1. The fourth-order valence-corrected chi connectivity index (χ4v) is 3.33. The molecule has 0 fully saturated rings. The molecule has 108 valence electrons. The van der Waals surface area contributed by atoms with Crippen molar-refractivity contribution in [3.63, 3.8) is 0 Å². The summed E-state index contributed by atoms with van der Waals surface area (Å²) in [5.41, 5.74) is 2.25.